The number of amides is 2. The Bertz CT molecular complexity index is 586. The standard InChI is InChI=1S/C16H22N4O4/c1-5-11(3)19-23-15(21)17-13-9-7-8-10-14(13)18-16(22)24-20-12(4)6-2/h7-10H,5-6H2,1-4H3,(H,17,21)(H,18,22)/b19-11+,20-12+. The van der Waals surface area contributed by atoms with Gasteiger partial charge in [-0.05, 0) is 38.8 Å². The molecule has 0 aliphatic heterocycles. The van der Waals surface area contributed by atoms with Crippen LogP contribution < -0.4 is 10.6 Å². The van der Waals surface area contributed by atoms with Crippen molar-refractivity contribution in [3.8, 4) is 0 Å². The Morgan fingerprint density at radius 3 is 1.58 bits per heavy atom. The molecule has 0 saturated carbocycles. The Hall–Kier alpha value is -2.90. The first-order chi connectivity index (χ1) is 11.5. The van der Waals surface area contributed by atoms with E-state index in [0.717, 1.165) is 0 Å². The summed E-state index contributed by atoms with van der Waals surface area (Å²) >= 11 is 0. The molecule has 0 spiro atoms. The number of nitrogens with one attached hydrogen (secondary N) is 2. The van der Waals surface area contributed by atoms with Crippen LogP contribution in [-0.4, -0.2) is 23.6 Å². The average Bonchev–Trinajstić information content (AvgIpc) is 2.59. The molecule has 0 aliphatic rings. The van der Waals surface area contributed by atoms with Crippen molar-refractivity contribution in [2.24, 2.45) is 10.3 Å². The summed E-state index contributed by atoms with van der Waals surface area (Å²) in [6.45, 7) is 7.29. The van der Waals surface area contributed by atoms with Crippen LogP contribution in [0, 0.1) is 0 Å². The third kappa shape index (κ3) is 6.91. The van der Waals surface area contributed by atoms with Crippen molar-refractivity contribution in [1.29, 1.82) is 0 Å². The minimum Gasteiger partial charge on any atom is -0.298 e. The molecular formula is C16H22N4O4. The van der Waals surface area contributed by atoms with E-state index in [1.54, 1.807) is 38.1 Å². The molecule has 0 unspecified atom stereocenters. The smallest absolute Gasteiger partial charge is 0.298 e. The minimum absolute atomic E-state index is 0.347. The molecule has 8 heteroatoms. The second-order valence-electron chi connectivity index (χ2n) is 4.91. The molecule has 8 nitrogen and oxygen atoms in total. The van der Waals surface area contributed by atoms with Crippen LogP contribution in [0.25, 0.3) is 0 Å². The lowest BCUT2D eigenvalue weighted by molar-refractivity contribution is 0.165. The van der Waals surface area contributed by atoms with E-state index in [0.29, 0.717) is 35.6 Å². The van der Waals surface area contributed by atoms with Crippen LogP contribution in [0.15, 0.2) is 34.6 Å². The summed E-state index contributed by atoms with van der Waals surface area (Å²) in [4.78, 5) is 32.9. The highest BCUT2D eigenvalue weighted by molar-refractivity contribution is 5.95. The third-order valence-electron chi connectivity index (χ3n) is 2.99. The van der Waals surface area contributed by atoms with E-state index in [2.05, 4.69) is 20.9 Å². The lowest BCUT2D eigenvalue weighted by Crippen LogP contribution is -2.16. The molecule has 0 aromatic heterocycles. The highest BCUT2D eigenvalue weighted by Crippen LogP contribution is 2.21. The van der Waals surface area contributed by atoms with Crippen molar-refractivity contribution in [2.75, 3.05) is 10.6 Å². The zero-order valence-corrected chi connectivity index (χ0v) is 14.3. The predicted molar refractivity (Wildman–Crippen MR) is 93.4 cm³/mol. The van der Waals surface area contributed by atoms with Crippen LogP contribution in [0.4, 0.5) is 21.0 Å². The van der Waals surface area contributed by atoms with Gasteiger partial charge in [-0.25, -0.2) is 9.59 Å². The van der Waals surface area contributed by atoms with Gasteiger partial charge < -0.3 is 0 Å². The maximum Gasteiger partial charge on any atom is 0.437 e. The summed E-state index contributed by atoms with van der Waals surface area (Å²) in [5.74, 6) is 0. The fraction of sp³-hybridized carbons (Fsp3) is 0.375. The molecule has 0 heterocycles. The van der Waals surface area contributed by atoms with Crippen molar-refractivity contribution in [3.05, 3.63) is 24.3 Å². The second-order valence-corrected chi connectivity index (χ2v) is 4.91. The normalized spacial score (nSPS) is 11.7. The van der Waals surface area contributed by atoms with Crippen LogP contribution >= 0.6 is 0 Å². The second kappa shape index (κ2) is 9.98. The van der Waals surface area contributed by atoms with Gasteiger partial charge >= 0.3 is 12.2 Å². The van der Waals surface area contributed by atoms with Crippen LogP contribution in [-0.2, 0) is 9.68 Å². The maximum atomic E-state index is 11.7. The largest absolute Gasteiger partial charge is 0.437 e. The number of anilines is 2. The summed E-state index contributed by atoms with van der Waals surface area (Å²) in [6.07, 6.45) is -0.167. The quantitative estimate of drug-likeness (QED) is 0.458. The Kier molecular flexibility index (Phi) is 7.97. The summed E-state index contributed by atoms with van der Waals surface area (Å²) in [7, 11) is 0. The molecule has 24 heavy (non-hydrogen) atoms. The van der Waals surface area contributed by atoms with E-state index in [4.69, 9.17) is 9.68 Å². The van der Waals surface area contributed by atoms with Gasteiger partial charge in [0.1, 0.15) is 0 Å². The van der Waals surface area contributed by atoms with Crippen LogP contribution in [0.2, 0.25) is 0 Å². The first kappa shape index (κ1) is 19.1. The monoisotopic (exact) mass is 334 g/mol. The average molecular weight is 334 g/mol. The van der Waals surface area contributed by atoms with Crippen molar-refractivity contribution < 1.29 is 19.3 Å². The molecule has 0 radical (unpaired) electrons. The molecule has 1 rings (SSSR count). The number of nitrogens with zero attached hydrogens (tertiary/aromatic N) is 2. The number of rotatable bonds is 6. The summed E-state index contributed by atoms with van der Waals surface area (Å²) in [5, 5.41) is 12.3. The molecule has 0 bridgehead atoms. The van der Waals surface area contributed by atoms with Crippen LogP contribution in [0.1, 0.15) is 40.5 Å². The first-order valence-electron chi connectivity index (χ1n) is 7.58. The molecule has 0 saturated heterocycles. The summed E-state index contributed by atoms with van der Waals surface area (Å²) in [6, 6.07) is 6.61. The SMILES string of the molecule is CC/C(C)=N/OC(=O)Nc1ccccc1NC(=O)O/N=C(\C)CC. The van der Waals surface area contributed by atoms with Gasteiger partial charge in [-0.1, -0.05) is 36.3 Å². The molecule has 0 fully saturated rings. The van der Waals surface area contributed by atoms with Gasteiger partial charge in [0.2, 0.25) is 0 Å². The van der Waals surface area contributed by atoms with Gasteiger partial charge in [-0.3, -0.25) is 20.3 Å². The highest BCUT2D eigenvalue weighted by atomic mass is 16.7. The van der Waals surface area contributed by atoms with Crippen LogP contribution in [0.5, 0.6) is 0 Å². The van der Waals surface area contributed by atoms with Crippen molar-refractivity contribution in [1.82, 2.24) is 0 Å². The molecule has 1 aromatic carbocycles. The molecular weight excluding hydrogens is 312 g/mol. The molecule has 0 aliphatic carbocycles. The van der Waals surface area contributed by atoms with Gasteiger partial charge in [0, 0.05) is 0 Å². The van der Waals surface area contributed by atoms with Crippen LogP contribution in [0.3, 0.4) is 0 Å². The Morgan fingerprint density at radius 2 is 1.25 bits per heavy atom. The van der Waals surface area contributed by atoms with Gasteiger partial charge in [-0.15, -0.1) is 0 Å². The molecule has 2 N–H and O–H groups in total. The van der Waals surface area contributed by atoms with Crippen molar-refractivity contribution in [2.45, 2.75) is 40.5 Å². The molecule has 1 aromatic rings. The minimum atomic E-state index is -0.759. The first-order valence-corrected chi connectivity index (χ1v) is 7.58. The number of oxime groups is 2. The lowest BCUT2D eigenvalue weighted by atomic mass is 10.2. The van der Waals surface area contributed by atoms with Crippen molar-refractivity contribution in [3.63, 3.8) is 0 Å². The number of carbonyl (C=O) groups is 2. The molecule has 0 atom stereocenters. The Morgan fingerprint density at radius 1 is 0.875 bits per heavy atom. The molecule has 2 amide bonds. The van der Waals surface area contributed by atoms with E-state index >= 15 is 0 Å². The van der Waals surface area contributed by atoms with E-state index in [1.165, 1.54) is 0 Å². The van der Waals surface area contributed by atoms with E-state index in [-0.39, 0.29) is 0 Å². The van der Waals surface area contributed by atoms with Gasteiger partial charge in [0.05, 0.1) is 22.8 Å². The van der Waals surface area contributed by atoms with E-state index in [9.17, 15) is 9.59 Å². The summed E-state index contributed by atoms with van der Waals surface area (Å²) in [5.41, 5.74) is 2.06. The Labute approximate surface area is 140 Å². The van der Waals surface area contributed by atoms with Gasteiger partial charge in [-0.2, -0.15) is 0 Å². The van der Waals surface area contributed by atoms with E-state index < -0.39 is 12.2 Å². The third-order valence-corrected chi connectivity index (χ3v) is 2.99. The predicted octanol–water partition coefficient (Wildman–Crippen LogP) is 4.36. The number of carbonyl (C=O) groups excluding carboxylic acids is 2. The van der Waals surface area contributed by atoms with Gasteiger partial charge in [0.25, 0.3) is 0 Å². The zero-order chi connectivity index (χ0) is 17.9. The number of benzene rings is 1. The highest BCUT2D eigenvalue weighted by Gasteiger charge is 2.11. The molecule has 130 valence electrons. The number of hydrogen-bond acceptors (Lipinski definition) is 6. The topological polar surface area (TPSA) is 101 Å². The number of hydrogen-bond donors (Lipinski definition) is 2. The number of para-hydroxylation sites is 2. The van der Waals surface area contributed by atoms with Crippen molar-refractivity contribution >= 4 is 35.0 Å². The lowest BCUT2D eigenvalue weighted by Gasteiger charge is -2.10. The Balaban J connectivity index is 2.71. The van der Waals surface area contributed by atoms with E-state index in [1.807, 2.05) is 13.8 Å². The maximum absolute atomic E-state index is 11.7. The van der Waals surface area contributed by atoms with Gasteiger partial charge in [0.15, 0.2) is 0 Å². The fourth-order valence-corrected chi connectivity index (χ4v) is 1.33. The fourth-order valence-electron chi connectivity index (χ4n) is 1.33. The summed E-state index contributed by atoms with van der Waals surface area (Å²) < 4.78 is 0. The zero-order valence-electron chi connectivity index (χ0n) is 14.3.